The number of carbonyl (C=O) groups excluding carboxylic acids is 2. The fraction of sp³-hybridized carbons (Fsp3) is 0.238. The minimum Gasteiger partial charge on any atom is -0.451 e. The quantitative estimate of drug-likeness (QED) is 0.734. The number of halogens is 1. The lowest BCUT2D eigenvalue weighted by atomic mass is 10.2. The highest BCUT2D eigenvalue weighted by Crippen LogP contribution is 2.21. The lowest BCUT2D eigenvalue weighted by Crippen LogP contribution is -2.51. The van der Waals surface area contributed by atoms with E-state index in [1.165, 1.54) is 0 Å². The van der Waals surface area contributed by atoms with E-state index in [1.807, 2.05) is 42.5 Å². The van der Waals surface area contributed by atoms with E-state index in [9.17, 15) is 9.59 Å². The number of nitrogens with zero attached hydrogens (tertiary/aromatic N) is 2. The van der Waals surface area contributed by atoms with Crippen molar-refractivity contribution < 1.29 is 14.0 Å². The highest BCUT2D eigenvalue weighted by molar-refractivity contribution is 6.30. The number of amides is 2. The van der Waals surface area contributed by atoms with Crippen LogP contribution in [0.4, 0.5) is 5.69 Å². The van der Waals surface area contributed by atoms with E-state index in [1.54, 1.807) is 17.0 Å². The zero-order chi connectivity index (χ0) is 19.5. The number of rotatable bonds is 4. The maximum absolute atomic E-state index is 12.4. The first kappa shape index (κ1) is 18.4. The topological polar surface area (TPSA) is 65.8 Å². The molecule has 6 nitrogen and oxygen atoms in total. The summed E-state index contributed by atoms with van der Waals surface area (Å²) in [5.41, 5.74) is 1.70. The Balaban J connectivity index is 1.29. The number of para-hydroxylation sites is 1. The molecule has 0 bridgehead atoms. The van der Waals surface area contributed by atoms with Crippen LogP contribution in [0.3, 0.4) is 0 Å². The molecule has 1 aromatic heterocycles. The SMILES string of the molecule is O=C(NCC(=O)N1CCN(c2cccc(Cl)c2)CC1)c1cc2ccccc2o1. The molecular weight excluding hydrogens is 378 g/mol. The molecule has 3 aromatic rings. The summed E-state index contributed by atoms with van der Waals surface area (Å²) < 4.78 is 5.53. The average molecular weight is 398 g/mol. The summed E-state index contributed by atoms with van der Waals surface area (Å²) in [6, 6.07) is 16.8. The summed E-state index contributed by atoms with van der Waals surface area (Å²) in [6.45, 7) is 2.61. The summed E-state index contributed by atoms with van der Waals surface area (Å²) >= 11 is 6.05. The van der Waals surface area contributed by atoms with Crippen LogP contribution in [-0.4, -0.2) is 49.4 Å². The van der Waals surface area contributed by atoms with E-state index in [4.69, 9.17) is 16.0 Å². The zero-order valence-corrected chi connectivity index (χ0v) is 16.0. The molecule has 0 aliphatic carbocycles. The summed E-state index contributed by atoms with van der Waals surface area (Å²) in [4.78, 5) is 28.7. The molecule has 0 radical (unpaired) electrons. The van der Waals surface area contributed by atoms with Crippen molar-refractivity contribution in [3.63, 3.8) is 0 Å². The van der Waals surface area contributed by atoms with Gasteiger partial charge < -0.3 is 19.5 Å². The number of hydrogen-bond acceptors (Lipinski definition) is 4. The largest absolute Gasteiger partial charge is 0.451 e. The van der Waals surface area contributed by atoms with Crippen molar-refractivity contribution in [1.82, 2.24) is 10.2 Å². The van der Waals surface area contributed by atoms with Crippen LogP contribution in [0.15, 0.2) is 59.0 Å². The Morgan fingerprint density at radius 2 is 1.79 bits per heavy atom. The molecule has 0 unspecified atom stereocenters. The fourth-order valence-electron chi connectivity index (χ4n) is 3.34. The van der Waals surface area contributed by atoms with Crippen LogP contribution in [0, 0.1) is 0 Å². The molecule has 4 rings (SSSR count). The Hall–Kier alpha value is -2.99. The molecule has 1 N–H and O–H groups in total. The second-order valence-electron chi connectivity index (χ2n) is 6.68. The molecule has 1 fully saturated rings. The highest BCUT2D eigenvalue weighted by Gasteiger charge is 2.22. The van der Waals surface area contributed by atoms with E-state index in [0.717, 1.165) is 24.2 Å². The highest BCUT2D eigenvalue weighted by atomic mass is 35.5. The van der Waals surface area contributed by atoms with Crippen molar-refractivity contribution in [2.75, 3.05) is 37.6 Å². The van der Waals surface area contributed by atoms with Gasteiger partial charge >= 0.3 is 0 Å². The molecule has 0 saturated carbocycles. The third kappa shape index (κ3) is 3.97. The predicted octanol–water partition coefficient (Wildman–Crippen LogP) is 3.16. The number of hydrogen-bond donors (Lipinski definition) is 1. The van der Waals surface area contributed by atoms with Gasteiger partial charge in [0.2, 0.25) is 5.91 Å². The average Bonchev–Trinajstić information content (AvgIpc) is 3.16. The van der Waals surface area contributed by atoms with E-state index in [0.29, 0.717) is 23.7 Å². The summed E-state index contributed by atoms with van der Waals surface area (Å²) in [7, 11) is 0. The summed E-state index contributed by atoms with van der Waals surface area (Å²) in [5, 5.41) is 4.21. The smallest absolute Gasteiger partial charge is 0.287 e. The van der Waals surface area contributed by atoms with E-state index in [2.05, 4.69) is 10.2 Å². The Bertz CT molecular complexity index is 976. The molecule has 0 spiro atoms. The Kier molecular flexibility index (Phi) is 5.21. The molecule has 0 atom stereocenters. The first-order chi connectivity index (χ1) is 13.6. The van der Waals surface area contributed by atoms with Gasteiger partial charge in [-0.3, -0.25) is 9.59 Å². The molecular formula is C21H20ClN3O3. The first-order valence-corrected chi connectivity index (χ1v) is 9.53. The zero-order valence-electron chi connectivity index (χ0n) is 15.2. The lowest BCUT2D eigenvalue weighted by molar-refractivity contribution is -0.130. The van der Waals surface area contributed by atoms with Gasteiger partial charge in [-0.1, -0.05) is 35.9 Å². The molecule has 144 valence electrons. The van der Waals surface area contributed by atoms with Crippen molar-refractivity contribution in [3.8, 4) is 0 Å². The Labute approximate surface area is 167 Å². The molecule has 2 amide bonds. The van der Waals surface area contributed by atoms with Crippen molar-refractivity contribution in [2.45, 2.75) is 0 Å². The molecule has 2 heterocycles. The number of furan rings is 1. The fourth-order valence-corrected chi connectivity index (χ4v) is 3.52. The van der Waals surface area contributed by atoms with Gasteiger partial charge in [-0.05, 0) is 30.3 Å². The molecule has 1 aliphatic heterocycles. The standard InChI is InChI=1S/C21H20ClN3O3/c22-16-5-3-6-17(13-16)24-8-10-25(11-9-24)20(26)14-23-21(27)19-12-15-4-1-2-7-18(15)28-19/h1-7,12-13H,8-11,14H2,(H,23,27). The van der Waals surface area contributed by atoms with E-state index in [-0.39, 0.29) is 24.1 Å². The lowest BCUT2D eigenvalue weighted by Gasteiger charge is -2.36. The molecule has 28 heavy (non-hydrogen) atoms. The number of fused-ring (bicyclic) bond motifs is 1. The Morgan fingerprint density at radius 1 is 1.00 bits per heavy atom. The predicted molar refractivity (Wildman–Crippen MR) is 109 cm³/mol. The molecule has 1 aliphatic rings. The van der Waals surface area contributed by atoms with Gasteiger partial charge in [-0.15, -0.1) is 0 Å². The number of carbonyl (C=O) groups is 2. The second kappa shape index (κ2) is 7.94. The van der Waals surface area contributed by atoms with Gasteiger partial charge in [0.1, 0.15) is 5.58 Å². The van der Waals surface area contributed by atoms with Crippen LogP contribution in [-0.2, 0) is 4.79 Å². The molecule has 1 saturated heterocycles. The summed E-state index contributed by atoms with van der Waals surface area (Å²) in [5.74, 6) is -0.280. The van der Waals surface area contributed by atoms with Gasteiger partial charge in [-0.25, -0.2) is 0 Å². The van der Waals surface area contributed by atoms with Crippen molar-refractivity contribution in [1.29, 1.82) is 0 Å². The van der Waals surface area contributed by atoms with Crippen LogP contribution in [0.5, 0.6) is 0 Å². The molecule has 7 heteroatoms. The van der Waals surface area contributed by atoms with Gasteiger partial charge in [0.15, 0.2) is 5.76 Å². The van der Waals surface area contributed by atoms with Gasteiger partial charge in [0, 0.05) is 42.3 Å². The number of anilines is 1. The number of benzene rings is 2. The third-order valence-corrected chi connectivity index (χ3v) is 5.09. The van der Waals surface area contributed by atoms with Gasteiger partial charge in [-0.2, -0.15) is 0 Å². The first-order valence-electron chi connectivity index (χ1n) is 9.15. The van der Waals surface area contributed by atoms with Gasteiger partial charge in [0.05, 0.1) is 6.54 Å². The third-order valence-electron chi connectivity index (χ3n) is 4.86. The molecule has 2 aromatic carbocycles. The summed E-state index contributed by atoms with van der Waals surface area (Å²) in [6.07, 6.45) is 0. The Morgan fingerprint density at radius 3 is 2.54 bits per heavy atom. The van der Waals surface area contributed by atoms with Crippen LogP contribution < -0.4 is 10.2 Å². The maximum Gasteiger partial charge on any atom is 0.287 e. The van der Waals surface area contributed by atoms with Crippen LogP contribution in [0.1, 0.15) is 10.6 Å². The van der Waals surface area contributed by atoms with Crippen molar-refractivity contribution in [3.05, 3.63) is 65.4 Å². The normalized spacial score (nSPS) is 14.3. The van der Waals surface area contributed by atoms with Crippen molar-refractivity contribution in [2.24, 2.45) is 0 Å². The van der Waals surface area contributed by atoms with Crippen LogP contribution >= 0.6 is 11.6 Å². The minimum absolute atomic E-state index is 0.0486. The van der Waals surface area contributed by atoms with Crippen LogP contribution in [0.2, 0.25) is 5.02 Å². The van der Waals surface area contributed by atoms with Crippen molar-refractivity contribution >= 4 is 40.1 Å². The second-order valence-corrected chi connectivity index (χ2v) is 7.12. The van der Waals surface area contributed by atoms with Crippen LogP contribution in [0.25, 0.3) is 11.0 Å². The van der Waals surface area contributed by atoms with Gasteiger partial charge in [0.25, 0.3) is 5.91 Å². The minimum atomic E-state index is -0.387. The van der Waals surface area contributed by atoms with E-state index < -0.39 is 0 Å². The number of nitrogens with one attached hydrogen (secondary N) is 1. The van der Waals surface area contributed by atoms with E-state index >= 15 is 0 Å². The number of piperazine rings is 1. The maximum atomic E-state index is 12.4. The monoisotopic (exact) mass is 397 g/mol.